The zero-order valence-corrected chi connectivity index (χ0v) is 19.7. The quantitative estimate of drug-likeness (QED) is 0.419. The molecule has 182 valence electrons. The monoisotopic (exact) mass is 483 g/mol. The number of ketones is 1. The summed E-state index contributed by atoms with van der Waals surface area (Å²) < 4.78 is 19.0. The summed E-state index contributed by atoms with van der Waals surface area (Å²) in [5.41, 5.74) is 3.18. The molecule has 1 N–H and O–H groups in total. The second-order valence-electron chi connectivity index (χ2n) is 9.18. The highest BCUT2D eigenvalue weighted by Crippen LogP contribution is 2.36. The van der Waals surface area contributed by atoms with Gasteiger partial charge in [-0.15, -0.1) is 0 Å². The van der Waals surface area contributed by atoms with Crippen LogP contribution in [0, 0.1) is 5.82 Å². The van der Waals surface area contributed by atoms with Crippen molar-refractivity contribution in [1.29, 1.82) is 0 Å². The molecule has 0 bridgehead atoms. The summed E-state index contributed by atoms with van der Waals surface area (Å²) in [6.07, 6.45) is 2.62. The van der Waals surface area contributed by atoms with Crippen molar-refractivity contribution < 1.29 is 13.6 Å². The van der Waals surface area contributed by atoms with Crippen LogP contribution in [0.25, 0.3) is 0 Å². The van der Waals surface area contributed by atoms with Gasteiger partial charge in [-0.2, -0.15) is 4.98 Å². The van der Waals surface area contributed by atoms with Crippen molar-refractivity contribution in [2.45, 2.75) is 18.8 Å². The number of carbonyl (C=O) groups is 1. The third kappa shape index (κ3) is 4.42. The van der Waals surface area contributed by atoms with Gasteiger partial charge >= 0.3 is 0 Å². The van der Waals surface area contributed by atoms with Gasteiger partial charge in [-0.1, -0.05) is 18.2 Å². The Balaban J connectivity index is 1.30. The largest absolute Gasteiger partial charge is 0.469 e. The molecule has 2 aromatic carbocycles. The molecule has 4 aromatic rings. The number of anilines is 4. The Kier molecular flexibility index (Phi) is 5.85. The molecule has 0 saturated carbocycles. The van der Waals surface area contributed by atoms with E-state index in [1.54, 1.807) is 6.26 Å². The predicted octanol–water partition coefficient (Wildman–Crippen LogP) is 5.19. The van der Waals surface area contributed by atoms with Gasteiger partial charge in [0.25, 0.3) is 0 Å². The van der Waals surface area contributed by atoms with Crippen LogP contribution in [0.15, 0.2) is 77.4 Å². The number of rotatable bonds is 5. The van der Waals surface area contributed by atoms with E-state index >= 15 is 0 Å². The number of fused-ring (bicyclic) bond motifs is 1. The molecule has 1 saturated heterocycles. The lowest BCUT2D eigenvalue weighted by Crippen LogP contribution is -2.47. The highest BCUT2D eigenvalue weighted by atomic mass is 19.1. The van der Waals surface area contributed by atoms with Gasteiger partial charge in [-0.25, -0.2) is 9.37 Å². The van der Waals surface area contributed by atoms with Crippen molar-refractivity contribution in [2.75, 3.05) is 41.3 Å². The zero-order valence-electron chi connectivity index (χ0n) is 19.7. The molecule has 0 radical (unpaired) electrons. The molecule has 7 nitrogen and oxygen atoms in total. The van der Waals surface area contributed by atoms with E-state index in [-0.39, 0.29) is 17.5 Å². The molecule has 36 heavy (non-hydrogen) atoms. The Hall–Kier alpha value is -4.20. The molecule has 0 spiro atoms. The Morgan fingerprint density at radius 2 is 1.61 bits per heavy atom. The van der Waals surface area contributed by atoms with Crippen molar-refractivity contribution >= 4 is 28.9 Å². The fourth-order valence-corrected chi connectivity index (χ4v) is 5.00. The lowest BCUT2D eigenvalue weighted by atomic mass is 9.84. The van der Waals surface area contributed by atoms with E-state index in [1.807, 2.05) is 54.6 Å². The van der Waals surface area contributed by atoms with Gasteiger partial charge in [0.1, 0.15) is 17.4 Å². The number of hydrogen-bond acceptors (Lipinski definition) is 7. The molecule has 1 fully saturated rings. The molecular weight excluding hydrogens is 457 g/mol. The number of Topliss-reactive ketones (excluding diaryl/α,β-unsaturated/α-hetero) is 1. The first-order chi connectivity index (χ1) is 17.6. The van der Waals surface area contributed by atoms with Gasteiger partial charge in [-0.3, -0.25) is 4.79 Å². The van der Waals surface area contributed by atoms with Crippen molar-refractivity contribution in [3.8, 4) is 0 Å². The third-order valence-corrected chi connectivity index (χ3v) is 6.86. The van der Waals surface area contributed by atoms with E-state index < -0.39 is 0 Å². The van der Waals surface area contributed by atoms with Gasteiger partial charge in [-0.05, 0) is 48.5 Å². The van der Waals surface area contributed by atoms with Gasteiger partial charge in [0, 0.05) is 56.3 Å². The topological polar surface area (TPSA) is 74.5 Å². The summed E-state index contributed by atoms with van der Waals surface area (Å²) in [5.74, 6) is 1.70. The Labute approximate surface area is 208 Å². The second kappa shape index (κ2) is 9.45. The molecule has 1 unspecified atom stereocenters. The number of piperazine rings is 1. The highest BCUT2D eigenvalue weighted by Gasteiger charge is 2.33. The number of aromatic nitrogens is 2. The van der Waals surface area contributed by atoms with Crippen LogP contribution in [0.3, 0.4) is 0 Å². The molecule has 2 aromatic heterocycles. The fourth-order valence-electron chi connectivity index (χ4n) is 5.00. The first-order valence-corrected chi connectivity index (χ1v) is 12.2. The average molecular weight is 484 g/mol. The zero-order chi connectivity index (χ0) is 24.5. The van der Waals surface area contributed by atoms with Crippen LogP contribution in [0.5, 0.6) is 0 Å². The summed E-state index contributed by atoms with van der Waals surface area (Å²) in [5, 5.41) is 3.36. The maximum Gasteiger partial charge on any atom is 0.227 e. The van der Waals surface area contributed by atoms with Crippen LogP contribution >= 0.6 is 0 Å². The number of halogens is 1. The minimum atomic E-state index is -0.235. The Bertz CT molecular complexity index is 1350. The van der Waals surface area contributed by atoms with E-state index in [9.17, 15) is 9.18 Å². The molecule has 8 heteroatoms. The van der Waals surface area contributed by atoms with Gasteiger partial charge in [0.2, 0.25) is 5.95 Å². The first kappa shape index (κ1) is 22.3. The van der Waals surface area contributed by atoms with E-state index in [0.717, 1.165) is 49.0 Å². The third-order valence-electron chi connectivity index (χ3n) is 6.86. The lowest BCUT2D eigenvalue weighted by molar-refractivity contribution is 0.0959. The Morgan fingerprint density at radius 1 is 0.861 bits per heavy atom. The van der Waals surface area contributed by atoms with Gasteiger partial charge in [0.15, 0.2) is 5.78 Å². The van der Waals surface area contributed by atoms with Crippen LogP contribution in [0.2, 0.25) is 0 Å². The number of benzene rings is 2. The SMILES string of the molecule is O=C1CC(c2ccco2)Cc2nc(N3CCN(c4ccc(F)cc4)CC3)nc(Nc3ccccc3)c21. The highest BCUT2D eigenvalue weighted by molar-refractivity contribution is 6.03. The first-order valence-electron chi connectivity index (χ1n) is 12.2. The summed E-state index contributed by atoms with van der Waals surface area (Å²) in [6.45, 7) is 2.97. The minimum absolute atomic E-state index is 0.0174. The molecule has 3 heterocycles. The number of carbonyl (C=O) groups excluding carboxylic acids is 1. The second-order valence-corrected chi connectivity index (χ2v) is 9.18. The van der Waals surface area contributed by atoms with Crippen molar-refractivity contribution in [3.63, 3.8) is 0 Å². The van der Waals surface area contributed by atoms with Crippen LogP contribution in [-0.2, 0) is 6.42 Å². The molecule has 6 rings (SSSR count). The van der Waals surface area contributed by atoms with E-state index in [0.29, 0.717) is 30.2 Å². The van der Waals surface area contributed by atoms with Crippen LogP contribution < -0.4 is 15.1 Å². The van der Waals surface area contributed by atoms with E-state index in [4.69, 9.17) is 14.4 Å². The number of furan rings is 1. The van der Waals surface area contributed by atoms with E-state index in [1.165, 1.54) is 12.1 Å². The van der Waals surface area contributed by atoms with Crippen LogP contribution in [-0.4, -0.2) is 41.9 Å². The van der Waals surface area contributed by atoms with Crippen LogP contribution in [0.1, 0.15) is 34.2 Å². The van der Waals surface area contributed by atoms with Gasteiger partial charge < -0.3 is 19.5 Å². The molecule has 2 aliphatic rings. The molecule has 1 atom stereocenters. The summed E-state index contributed by atoms with van der Waals surface area (Å²) >= 11 is 0. The predicted molar refractivity (Wildman–Crippen MR) is 137 cm³/mol. The number of nitrogens with zero attached hydrogens (tertiary/aromatic N) is 4. The molecular formula is C28H26FN5O2. The average Bonchev–Trinajstić information content (AvgIpc) is 3.45. The normalized spacial score (nSPS) is 17.7. The summed E-state index contributed by atoms with van der Waals surface area (Å²) in [6, 6.07) is 20.1. The lowest BCUT2D eigenvalue weighted by Gasteiger charge is -2.36. The minimum Gasteiger partial charge on any atom is -0.469 e. The standard InChI is InChI=1S/C28H26FN5O2/c29-20-8-10-22(11-9-20)33-12-14-34(15-13-33)28-31-23-17-19(25-7-4-16-36-25)18-24(35)26(23)27(32-28)30-21-5-2-1-3-6-21/h1-11,16,19H,12-15,17-18H2,(H,30,31,32). The van der Waals surface area contributed by atoms with Crippen LogP contribution in [0.4, 0.5) is 27.5 Å². The van der Waals surface area contributed by atoms with Crippen molar-refractivity contribution in [1.82, 2.24) is 9.97 Å². The summed E-state index contributed by atoms with van der Waals surface area (Å²) in [7, 11) is 0. The van der Waals surface area contributed by atoms with Crippen molar-refractivity contribution in [3.05, 3.63) is 95.8 Å². The smallest absolute Gasteiger partial charge is 0.227 e. The van der Waals surface area contributed by atoms with Crippen molar-refractivity contribution in [2.24, 2.45) is 0 Å². The number of nitrogens with one attached hydrogen (secondary N) is 1. The van der Waals surface area contributed by atoms with E-state index in [2.05, 4.69) is 15.1 Å². The Morgan fingerprint density at radius 3 is 2.33 bits per heavy atom. The molecule has 1 aliphatic heterocycles. The number of para-hydroxylation sites is 1. The maximum absolute atomic E-state index is 13.3. The molecule has 1 aliphatic carbocycles. The molecule has 0 amide bonds. The fraction of sp³-hybridized carbons (Fsp3) is 0.250. The maximum atomic E-state index is 13.3. The summed E-state index contributed by atoms with van der Waals surface area (Å²) in [4.78, 5) is 27.4. The number of hydrogen-bond donors (Lipinski definition) is 1. The van der Waals surface area contributed by atoms with Gasteiger partial charge in [0.05, 0.1) is 17.5 Å².